The van der Waals surface area contributed by atoms with Crippen molar-refractivity contribution < 1.29 is 9.47 Å². The summed E-state index contributed by atoms with van der Waals surface area (Å²) in [6, 6.07) is 0.769. The molecule has 2 rings (SSSR count). The number of hydrogen-bond acceptors (Lipinski definition) is 4. The van der Waals surface area contributed by atoms with Gasteiger partial charge in [0, 0.05) is 59.1 Å². The zero-order valence-corrected chi connectivity index (χ0v) is 18.3. The molecule has 6 nitrogen and oxygen atoms in total. The van der Waals surface area contributed by atoms with Gasteiger partial charge in [-0.2, -0.15) is 0 Å². The Bertz CT molecular complexity index is 363. The van der Waals surface area contributed by atoms with Gasteiger partial charge in [-0.15, -0.1) is 24.0 Å². The Morgan fingerprint density at radius 3 is 2.56 bits per heavy atom. The maximum absolute atomic E-state index is 5.65. The van der Waals surface area contributed by atoms with Crippen molar-refractivity contribution >= 4 is 29.9 Å². The highest BCUT2D eigenvalue weighted by Gasteiger charge is 2.28. The second kappa shape index (κ2) is 14.0. The molecule has 0 radical (unpaired) electrons. The molecule has 2 saturated carbocycles. The number of rotatable bonds is 14. The molecule has 0 saturated heterocycles. The summed E-state index contributed by atoms with van der Waals surface area (Å²) >= 11 is 0. The molecule has 2 N–H and O–H groups in total. The van der Waals surface area contributed by atoms with Gasteiger partial charge in [0.1, 0.15) is 0 Å². The van der Waals surface area contributed by atoms with Gasteiger partial charge >= 0.3 is 0 Å². The van der Waals surface area contributed by atoms with Crippen LogP contribution >= 0.6 is 24.0 Å². The minimum atomic E-state index is 0. The molecule has 0 aromatic rings. The summed E-state index contributed by atoms with van der Waals surface area (Å²) < 4.78 is 10.9. The number of guanidine groups is 1. The summed E-state index contributed by atoms with van der Waals surface area (Å²) in [4.78, 5) is 7.16. The number of nitrogens with zero attached hydrogens (tertiary/aromatic N) is 2. The van der Waals surface area contributed by atoms with Gasteiger partial charge in [0.15, 0.2) is 5.96 Å². The number of aliphatic imine (C=N–C) groups is 1. The summed E-state index contributed by atoms with van der Waals surface area (Å²) in [5, 5.41) is 6.76. The van der Waals surface area contributed by atoms with Gasteiger partial charge in [-0.25, -0.2) is 0 Å². The number of hydrogen-bond donors (Lipinski definition) is 2. The standard InChI is InChI=1S/C18H36N4O2.HI/c1-3-19-18(20-9-4-13-24-15-16-5-6-16)21-10-11-22(12-14-23-2)17-7-8-17;/h16-17H,3-15H2,1-2H3,(H2,19,20,21);1H. The van der Waals surface area contributed by atoms with Crippen LogP contribution in [0.15, 0.2) is 4.99 Å². The van der Waals surface area contributed by atoms with E-state index in [9.17, 15) is 0 Å². The van der Waals surface area contributed by atoms with E-state index in [1.165, 1.54) is 25.7 Å². The maximum atomic E-state index is 5.65. The summed E-state index contributed by atoms with van der Waals surface area (Å²) in [6.45, 7) is 9.38. The number of ether oxygens (including phenoxy) is 2. The fourth-order valence-electron chi connectivity index (χ4n) is 2.68. The molecular formula is C18H37IN4O2. The average Bonchev–Trinajstić information content (AvgIpc) is 3.47. The predicted octanol–water partition coefficient (Wildman–Crippen LogP) is 2.09. The molecular weight excluding hydrogens is 431 g/mol. The summed E-state index contributed by atoms with van der Waals surface area (Å²) in [5.41, 5.74) is 0. The Balaban J connectivity index is 0.00000312. The largest absolute Gasteiger partial charge is 0.383 e. The molecule has 0 aromatic heterocycles. The van der Waals surface area contributed by atoms with Crippen LogP contribution in [-0.4, -0.2) is 76.6 Å². The zero-order valence-electron chi connectivity index (χ0n) is 16.0. The predicted molar refractivity (Wildman–Crippen MR) is 114 cm³/mol. The highest BCUT2D eigenvalue weighted by atomic mass is 127. The summed E-state index contributed by atoms with van der Waals surface area (Å²) in [7, 11) is 1.77. The van der Waals surface area contributed by atoms with E-state index in [0.29, 0.717) is 0 Å². The van der Waals surface area contributed by atoms with Gasteiger partial charge in [0.2, 0.25) is 0 Å². The minimum absolute atomic E-state index is 0. The quantitative estimate of drug-likeness (QED) is 0.177. The first kappa shape index (κ1) is 22.9. The molecule has 0 aliphatic heterocycles. The monoisotopic (exact) mass is 468 g/mol. The molecule has 0 atom stereocenters. The van der Waals surface area contributed by atoms with E-state index >= 15 is 0 Å². The molecule has 0 aromatic carbocycles. The van der Waals surface area contributed by atoms with Crippen LogP contribution in [0.3, 0.4) is 0 Å². The smallest absolute Gasteiger partial charge is 0.191 e. The van der Waals surface area contributed by atoms with Gasteiger partial charge in [0.25, 0.3) is 0 Å². The van der Waals surface area contributed by atoms with E-state index in [1.54, 1.807) is 7.11 Å². The second-order valence-corrected chi connectivity index (χ2v) is 6.82. The van der Waals surface area contributed by atoms with Gasteiger partial charge in [-0.05, 0) is 44.9 Å². The van der Waals surface area contributed by atoms with Crippen LogP contribution in [0.1, 0.15) is 39.0 Å². The van der Waals surface area contributed by atoms with Crippen LogP contribution in [0.25, 0.3) is 0 Å². The van der Waals surface area contributed by atoms with E-state index in [1.807, 2.05) is 0 Å². The lowest BCUT2D eigenvalue weighted by atomic mass is 10.4. The van der Waals surface area contributed by atoms with Crippen LogP contribution in [0.4, 0.5) is 0 Å². The van der Waals surface area contributed by atoms with E-state index in [0.717, 1.165) is 76.9 Å². The molecule has 0 bridgehead atoms. The van der Waals surface area contributed by atoms with E-state index in [4.69, 9.17) is 9.47 Å². The van der Waals surface area contributed by atoms with E-state index in [2.05, 4.69) is 27.4 Å². The van der Waals surface area contributed by atoms with E-state index < -0.39 is 0 Å². The van der Waals surface area contributed by atoms with Crippen LogP contribution in [0.5, 0.6) is 0 Å². The molecule has 148 valence electrons. The summed E-state index contributed by atoms with van der Waals surface area (Å²) in [6.07, 6.45) is 6.37. The number of halogens is 1. The highest BCUT2D eigenvalue weighted by molar-refractivity contribution is 14.0. The van der Waals surface area contributed by atoms with Crippen molar-refractivity contribution in [2.24, 2.45) is 10.9 Å². The topological polar surface area (TPSA) is 58.1 Å². The highest BCUT2D eigenvalue weighted by Crippen LogP contribution is 2.28. The molecule has 0 unspecified atom stereocenters. The normalized spacial score (nSPS) is 17.5. The lowest BCUT2D eigenvalue weighted by Crippen LogP contribution is -2.42. The molecule has 0 spiro atoms. The van der Waals surface area contributed by atoms with Crippen molar-refractivity contribution in [3.05, 3.63) is 0 Å². The van der Waals surface area contributed by atoms with Crippen molar-refractivity contribution in [1.29, 1.82) is 0 Å². The molecule has 7 heteroatoms. The molecule has 2 fully saturated rings. The Morgan fingerprint density at radius 1 is 1.12 bits per heavy atom. The van der Waals surface area contributed by atoms with Crippen molar-refractivity contribution in [3.63, 3.8) is 0 Å². The van der Waals surface area contributed by atoms with Crippen LogP contribution in [0.2, 0.25) is 0 Å². The fourth-order valence-corrected chi connectivity index (χ4v) is 2.68. The van der Waals surface area contributed by atoms with Gasteiger partial charge in [-0.3, -0.25) is 9.89 Å². The third-order valence-electron chi connectivity index (χ3n) is 4.45. The first-order valence-corrected chi connectivity index (χ1v) is 9.66. The second-order valence-electron chi connectivity index (χ2n) is 6.82. The van der Waals surface area contributed by atoms with Crippen LogP contribution in [0, 0.1) is 5.92 Å². The van der Waals surface area contributed by atoms with Crippen molar-refractivity contribution in [1.82, 2.24) is 15.5 Å². The molecule has 0 heterocycles. The lowest BCUT2D eigenvalue weighted by molar-refractivity contribution is 0.123. The zero-order chi connectivity index (χ0) is 17.0. The molecule has 2 aliphatic rings. The van der Waals surface area contributed by atoms with Crippen molar-refractivity contribution in [2.45, 2.75) is 45.1 Å². The van der Waals surface area contributed by atoms with Gasteiger partial charge in [0.05, 0.1) is 6.61 Å². The van der Waals surface area contributed by atoms with Crippen LogP contribution in [-0.2, 0) is 9.47 Å². The SMILES string of the molecule is CCNC(=NCCCOCC1CC1)NCCN(CCOC)C1CC1.I. The summed E-state index contributed by atoms with van der Waals surface area (Å²) in [5.74, 6) is 1.77. The molecule has 2 aliphatic carbocycles. The first-order valence-electron chi connectivity index (χ1n) is 9.66. The fraction of sp³-hybridized carbons (Fsp3) is 0.944. The maximum Gasteiger partial charge on any atom is 0.191 e. The number of methoxy groups -OCH3 is 1. The number of nitrogens with one attached hydrogen (secondary N) is 2. The Morgan fingerprint density at radius 2 is 1.92 bits per heavy atom. The third-order valence-corrected chi connectivity index (χ3v) is 4.45. The minimum Gasteiger partial charge on any atom is -0.383 e. The molecule has 0 amide bonds. The third kappa shape index (κ3) is 11.2. The van der Waals surface area contributed by atoms with Crippen molar-refractivity contribution in [2.75, 3.05) is 59.7 Å². The lowest BCUT2D eigenvalue weighted by Gasteiger charge is -2.22. The van der Waals surface area contributed by atoms with Crippen molar-refractivity contribution in [3.8, 4) is 0 Å². The first-order chi connectivity index (χ1) is 11.8. The van der Waals surface area contributed by atoms with Gasteiger partial charge in [-0.1, -0.05) is 0 Å². The average molecular weight is 468 g/mol. The Labute approximate surface area is 170 Å². The Hall–Kier alpha value is -0.120. The van der Waals surface area contributed by atoms with E-state index in [-0.39, 0.29) is 24.0 Å². The molecule has 25 heavy (non-hydrogen) atoms. The Kier molecular flexibility index (Phi) is 12.8. The van der Waals surface area contributed by atoms with Gasteiger partial charge < -0.3 is 20.1 Å². The van der Waals surface area contributed by atoms with Crippen LogP contribution < -0.4 is 10.6 Å².